The Morgan fingerprint density at radius 3 is 2.75 bits per heavy atom. The first-order chi connectivity index (χ1) is 12.5. The average Bonchev–Trinajstić information content (AvgIpc) is 2.64. The number of aryl methyl sites for hydroxylation is 1. The molecule has 1 fully saturated rings. The molecule has 28 heavy (non-hydrogen) atoms. The number of likely N-dealkylation sites (tertiary alicyclic amines) is 1. The summed E-state index contributed by atoms with van der Waals surface area (Å²) in [6.07, 6.45) is 5.23. The Bertz CT molecular complexity index is 844. The van der Waals surface area contributed by atoms with Gasteiger partial charge in [-0.2, -0.15) is 0 Å². The smallest absolute Gasteiger partial charge is 0.255 e. The molecule has 1 aliphatic rings. The van der Waals surface area contributed by atoms with Crippen LogP contribution in [-0.4, -0.2) is 44.9 Å². The van der Waals surface area contributed by atoms with Crippen LogP contribution < -0.4 is 11.3 Å². The van der Waals surface area contributed by atoms with Gasteiger partial charge in [0.15, 0.2) is 0 Å². The largest absolute Gasteiger partial charge is 0.338 e. The number of H-pyrrole nitrogens is 1. The fourth-order valence-electron chi connectivity index (χ4n) is 3.51. The van der Waals surface area contributed by atoms with E-state index in [9.17, 15) is 9.59 Å². The summed E-state index contributed by atoms with van der Waals surface area (Å²) < 4.78 is 0. The van der Waals surface area contributed by atoms with Gasteiger partial charge in [0.25, 0.3) is 5.56 Å². The standard InChI is InChI=1S/C19H25N5O2.2ClH/c1-12-5-7-24(15(8-12)10-20)17(25)9-16-13(2)22-18(23-19(16)26)14-4-3-6-21-11-14;;/h3-4,6,11-12,15H,5,7-10,20H2,1-2H3,(H,22,23,26);2*1H. The van der Waals surface area contributed by atoms with Gasteiger partial charge in [-0.05, 0) is 37.8 Å². The van der Waals surface area contributed by atoms with Crippen molar-refractivity contribution < 1.29 is 4.79 Å². The molecule has 0 aliphatic carbocycles. The molecule has 9 heteroatoms. The number of pyridine rings is 1. The van der Waals surface area contributed by atoms with E-state index in [0.29, 0.717) is 36.1 Å². The van der Waals surface area contributed by atoms with Crippen LogP contribution in [0.3, 0.4) is 0 Å². The maximum Gasteiger partial charge on any atom is 0.255 e. The zero-order chi connectivity index (χ0) is 18.7. The lowest BCUT2D eigenvalue weighted by Gasteiger charge is -2.38. The number of amides is 1. The van der Waals surface area contributed by atoms with Crippen molar-refractivity contribution in [2.24, 2.45) is 11.7 Å². The number of halogens is 2. The molecule has 3 N–H and O–H groups in total. The second-order valence-electron chi connectivity index (χ2n) is 7.00. The minimum absolute atomic E-state index is 0. The first-order valence-electron chi connectivity index (χ1n) is 8.99. The third kappa shape index (κ3) is 5.31. The molecule has 1 amide bonds. The average molecular weight is 428 g/mol. The molecular weight excluding hydrogens is 401 g/mol. The minimum atomic E-state index is -0.278. The molecular formula is C19H27Cl2N5O2. The van der Waals surface area contributed by atoms with Crippen LogP contribution in [0.4, 0.5) is 0 Å². The number of hydrogen-bond acceptors (Lipinski definition) is 5. The van der Waals surface area contributed by atoms with Gasteiger partial charge < -0.3 is 15.6 Å². The molecule has 0 spiro atoms. The van der Waals surface area contributed by atoms with Crippen LogP contribution in [-0.2, 0) is 11.2 Å². The van der Waals surface area contributed by atoms with Crippen molar-refractivity contribution in [1.29, 1.82) is 0 Å². The summed E-state index contributed by atoms with van der Waals surface area (Å²) in [6.45, 7) is 5.08. The first-order valence-corrected chi connectivity index (χ1v) is 8.99. The Balaban J connectivity index is 0.00000196. The van der Waals surface area contributed by atoms with Gasteiger partial charge in [0.2, 0.25) is 5.91 Å². The number of nitrogens with two attached hydrogens (primary N) is 1. The number of piperidine rings is 1. The summed E-state index contributed by atoms with van der Waals surface area (Å²) in [5.41, 5.74) is 7.29. The number of nitrogens with zero attached hydrogens (tertiary/aromatic N) is 3. The Kier molecular flexibility index (Phi) is 9.07. The monoisotopic (exact) mass is 427 g/mol. The van der Waals surface area contributed by atoms with Crippen LogP contribution in [0.2, 0.25) is 0 Å². The summed E-state index contributed by atoms with van der Waals surface area (Å²) in [4.78, 5) is 38.4. The van der Waals surface area contributed by atoms with Crippen molar-refractivity contribution in [3.05, 3.63) is 46.1 Å². The molecule has 7 nitrogen and oxygen atoms in total. The van der Waals surface area contributed by atoms with E-state index < -0.39 is 0 Å². The summed E-state index contributed by atoms with van der Waals surface area (Å²) in [7, 11) is 0. The molecule has 2 aromatic rings. The molecule has 3 heterocycles. The summed E-state index contributed by atoms with van der Waals surface area (Å²) >= 11 is 0. The van der Waals surface area contributed by atoms with Crippen molar-refractivity contribution in [3.63, 3.8) is 0 Å². The predicted molar refractivity (Wildman–Crippen MR) is 114 cm³/mol. The summed E-state index contributed by atoms with van der Waals surface area (Å²) in [6, 6.07) is 3.66. The van der Waals surface area contributed by atoms with E-state index in [1.54, 1.807) is 25.4 Å². The fraction of sp³-hybridized carbons (Fsp3) is 0.474. The molecule has 0 saturated carbocycles. The van der Waals surface area contributed by atoms with Gasteiger partial charge in [-0.1, -0.05) is 6.92 Å². The third-order valence-electron chi connectivity index (χ3n) is 5.06. The molecule has 0 bridgehead atoms. The zero-order valence-electron chi connectivity index (χ0n) is 16.1. The van der Waals surface area contributed by atoms with E-state index in [0.717, 1.165) is 18.4 Å². The second-order valence-corrected chi connectivity index (χ2v) is 7.00. The van der Waals surface area contributed by atoms with Crippen LogP contribution in [0.5, 0.6) is 0 Å². The highest BCUT2D eigenvalue weighted by Gasteiger charge is 2.29. The number of nitrogens with one attached hydrogen (secondary N) is 1. The van der Waals surface area contributed by atoms with E-state index >= 15 is 0 Å². The van der Waals surface area contributed by atoms with Gasteiger partial charge in [-0.3, -0.25) is 14.6 Å². The quantitative estimate of drug-likeness (QED) is 0.776. The van der Waals surface area contributed by atoms with E-state index in [-0.39, 0.29) is 48.7 Å². The molecule has 0 aromatic carbocycles. The number of aromatic nitrogens is 3. The van der Waals surface area contributed by atoms with E-state index in [1.165, 1.54) is 0 Å². The van der Waals surface area contributed by atoms with Gasteiger partial charge in [-0.25, -0.2) is 4.98 Å². The molecule has 1 aliphatic heterocycles. The molecule has 2 unspecified atom stereocenters. The lowest BCUT2D eigenvalue weighted by Crippen LogP contribution is -2.50. The predicted octanol–water partition coefficient (Wildman–Crippen LogP) is 2.11. The molecule has 0 radical (unpaired) electrons. The minimum Gasteiger partial charge on any atom is -0.338 e. The Morgan fingerprint density at radius 1 is 1.39 bits per heavy atom. The molecule has 2 aromatic heterocycles. The Labute approximate surface area is 177 Å². The van der Waals surface area contributed by atoms with Gasteiger partial charge in [-0.15, -0.1) is 24.8 Å². The summed E-state index contributed by atoms with van der Waals surface area (Å²) in [5, 5.41) is 0. The summed E-state index contributed by atoms with van der Waals surface area (Å²) in [5.74, 6) is 0.971. The van der Waals surface area contributed by atoms with E-state index in [2.05, 4.69) is 21.9 Å². The normalized spacial score (nSPS) is 18.8. The number of carbonyl (C=O) groups is 1. The third-order valence-corrected chi connectivity index (χ3v) is 5.06. The van der Waals surface area contributed by atoms with Crippen LogP contribution in [0, 0.1) is 12.8 Å². The van der Waals surface area contributed by atoms with Crippen LogP contribution in [0.1, 0.15) is 31.0 Å². The van der Waals surface area contributed by atoms with E-state index in [1.807, 2.05) is 11.0 Å². The maximum absolute atomic E-state index is 12.8. The Morgan fingerprint density at radius 2 is 2.14 bits per heavy atom. The van der Waals surface area contributed by atoms with Crippen LogP contribution in [0.15, 0.2) is 29.3 Å². The zero-order valence-corrected chi connectivity index (χ0v) is 17.7. The Hall–Kier alpha value is -1.96. The SMILES string of the molecule is Cc1nc(-c2cccnc2)[nH]c(=O)c1CC(=O)N1CCC(C)CC1CN.Cl.Cl. The van der Waals surface area contributed by atoms with Crippen LogP contribution >= 0.6 is 24.8 Å². The number of aromatic amines is 1. The topological polar surface area (TPSA) is 105 Å². The fourth-order valence-corrected chi connectivity index (χ4v) is 3.51. The lowest BCUT2D eigenvalue weighted by atomic mass is 9.92. The maximum atomic E-state index is 12.8. The van der Waals surface area contributed by atoms with Crippen LogP contribution in [0.25, 0.3) is 11.4 Å². The highest BCUT2D eigenvalue weighted by atomic mass is 35.5. The number of carbonyl (C=O) groups excluding carboxylic acids is 1. The van der Waals surface area contributed by atoms with Gasteiger partial charge in [0.05, 0.1) is 6.42 Å². The highest BCUT2D eigenvalue weighted by molar-refractivity contribution is 5.85. The number of rotatable bonds is 4. The molecule has 3 rings (SSSR count). The highest BCUT2D eigenvalue weighted by Crippen LogP contribution is 2.23. The van der Waals surface area contributed by atoms with Gasteiger partial charge >= 0.3 is 0 Å². The number of hydrogen-bond donors (Lipinski definition) is 2. The molecule has 154 valence electrons. The van der Waals surface area contributed by atoms with Crippen molar-refractivity contribution in [1.82, 2.24) is 19.9 Å². The van der Waals surface area contributed by atoms with Crippen molar-refractivity contribution in [2.45, 2.75) is 39.2 Å². The second kappa shape index (κ2) is 10.5. The first kappa shape index (κ1) is 24.1. The molecule has 2 atom stereocenters. The van der Waals surface area contributed by atoms with Crippen molar-refractivity contribution in [3.8, 4) is 11.4 Å². The molecule has 1 saturated heterocycles. The van der Waals surface area contributed by atoms with Crippen molar-refractivity contribution >= 4 is 30.7 Å². The van der Waals surface area contributed by atoms with Crippen molar-refractivity contribution in [2.75, 3.05) is 13.1 Å². The van der Waals surface area contributed by atoms with E-state index in [4.69, 9.17) is 5.73 Å². The van der Waals surface area contributed by atoms with Gasteiger partial charge in [0, 0.05) is 48.3 Å². The lowest BCUT2D eigenvalue weighted by molar-refractivity contribution is -0.134. The van der Waals surface area contributed by atoms with Gasteiger partial charge in [0.1, 0.15) is 5.82 Å².